The van der Waals surface area contributed by atoms with E-state index in [-0.39, 0.29) is 12.0 Å². The third-order valence-corrected chi connectivity index (χ3v) is 6.27. The van der Waals surface area contributed by atoms with E-state index in [0.29, 0.717) is 6.04 Å². The van der Waals surface area contributed by atoms with Crippen molar-refractivity contribution in [3.8, 4) is 11.4 Å². The normalized spacial score (nSPS) is 18.6. The summed E-state index contributed by atoms with van der Waals surface area (Å²) < 4.78 is 0. The van der Waals surface area contributed by atoms with E-state index in [1.807, 2.05) is 6.07 Å². The first-order chi connectivity index (χ1) is 13.6. The fourth-order valence-corrected chi connectivity index (χ4v) is 4.74. The molecule has 0 amide bonds. The topological polar surface area (TPSA) is 61.3 Å². The summed E-state index contributed by atoms with van der Waals surface area (Å²) in [6.07, 6.45) is 5.41. The van der Waals surface area contributed by atoms with Crippen molar-refractivity contribution in [3.63, 3.8) is 0 Å². The number of aromatic nitrogens is 2. The molecule has 1 aliphatic carbocycles. The van der Waals surface area contributed by atoms with Crippen LogP contribution >= 0.6 is 0 Å². The van der Waals surface area contributed by atoms with E-state index >= 15 is 0 Å². The first kappa shape index (κ1) is 19.3. The molecule has 1 aromatic heterocycles. The SMILES string of the molecule is CC(C)Nc1nc(-c2ccccc2)nc2c1CCC21CCN(CCCO)CC1. The number of hydrogen-bond donors (Lipinski definition) is 2. The van der Waals surface area contributed by atoms with Crippen LogP contribution in [0.25, 0.3) is 11.4 Å². The highest BCUT2D eigenvalue weighted by Crippen LogP contribution is 2.47. The number of likely N-dealkylation sites (tertiary alicyclic amines) is 1. The van der Waals surface area contributed by atoms with Gasteiger partial charge in [-0.05, 0) is 59.0 Å². The fourth-order valence-electron chi connectivity index (χ4n) is 4.74. The number of hydrogen-bond acceptors (Lipinski definition) is 5. The first-order valence-corrected chi connectivity index (χ1v) is 10.7. The zero-order chi connectivity index (χ0) is 19.6. The number of benzene rings is 1. The number of aliphatic hydroxyl groups excluding tert-OH is 1. The van der Waals surface area contributed by atoms with Gasteiger partial charge < -0.3 is 15.3 Å². The van der Waals surface area contributed by atoms with Crippen molar-refractivity contribution in [2.45, 2.75) is 57.4 Å². The summed E-state index contributed by atoms with van der Waals surface area (Å²) in [5, 5.41) is 12.7. The van der Waals surface area contributed by atoms with Crippen LogP contribution in [0, 0.1) is 0 Å². The third kappa shape index (κ3) is 3.78. The van der Waals surface area contributed by atoms with Crippen LogP contribution in [0.5, 0.6) is 0 Å². The van der Waals surface area contributed by atoms with Crippen molar-refractivity contribution in [3.05, 3.63) is 41.6 Å². The molecule has 0 bridgehead atoms. The molecule has 2 heterocycles. The second-order valence-electron chi connectivity index (χ2n) is 8.59. The molecule has 28 heavy (non-hydrogen) atoms. The quantitative estimate of drug-likeness (QED) is 0.801. The molecule has 2 aromatic rings. The molecule has 5 nitrogen and oxygen atoms in total. The summed E-state index contributed by atoms with van der Waals surface area (Å²) in [4.78, 5) is 12.6. The number of fused-ring (bicyclic) bond motifs is 2. The molecular formula is C23H32N4O. The second kappa shape index (κ2) is 8.18. The smallest absolute Gasteiger partial charge is 0.161 e. The maximum absolute atomic E-state index is 9.12. The van der Waals surface area contributed by atoms with Gasteiger partial charge in [0.15, 0.2) is 5.82 Å². The zero-order valence-electron chi connectivity index (χ0n) is 17.1. The monoisotopic (exact) mass is 380 g/mol. The number of nitrogens with zero attached hydrogens (tertiary/aromatic N) is 3. The minimum atomic E-state index is 0.185. The van der Waals surface area contributed by atoms with Gasteiger partial charge in [0.05, 0.1) is 5.69 Å². The van der Waals surface area contributed by atoms with Crippen molar-refractivity contribution < 1.29 is 5.11 Å². The summed E-state index contributed by atoms with van der Waals surface area (Å²) in [5.74, 6) is 1.87. The summed E-state index contributed by atoms with van der Waals surface area (Å²) in [7, 11) is 0. The lowest BCUT2D eigenvalue weighted by atomic mass is 9.76. The van der Waals surface area contributed by atoms with Crippen LogP contribution in [-0.2, 0) is 11.8 Å². The summed E-state index contributed by atoms with van der Waals surface area (Å²) >= 11 is 0. The molecule has 2 aliphatic rings. The lowest BCUT2D eigenvalue weighted by Gasteiger charge is -2.39. The first-order valence-electron chi connectivity index (χ1n) is 10.7. The minimum absolute atomic E-state index is 0.185. The number of nitrogens with one attached hydrogen (secondary N) is 1. The molecule has 0 saturated carbocycles. The van der Waals surface area contributed by atoms with Crippen LogP contribution in [0.4, 0.5) is 5.82 Å². The van der Waals surface area contributed by atoms with E-state index in [1.165, 1.54) is 17.7 Å². The average molecular weight is 381 g/mol. The molecule has 0 unspecified atom stereocenters. The predicted molar refractivity (Wildman–Crippen MR) is 114 cm³/mol. The van der Waals surface area contributed by atoms with Gasteiger partial charge in [-0.25, -0.2) is 9.97 Å². The van der Waals surface area contributed by atoms with Crippen LogP contribution in [0.3, 0.4) is 0 Å². The molecule has 0 atom stereocenters. The molecule has 2 N–H and O–H groups in total. The van der Waals surface area contributed by atoms with Crippen LogP contribution in [0.2, 0.25) is 0 Å². The number of rotatable bonds is 6. The minimum Gasteiger partial charge on any atom is -0.396 e. The van der Waals surface area contributed by atoms with Gasteiger partial charge in [0.2, 0.25) is 0 Å². The van der Waals surface area contributed by atoms with Gasteiger partial charge in [0.1, 0.15) is 5.82 Å². The van der Waals surface area contributed by atoms with E-state index in [0.717, 1.165) is 62.5 Å². The average Bonchev–Trinajstić information content (AvgIpc) is 3.06. The molecule has 1 fully saturated rings. The van der Waals surface area contributed by atoms with Crippen molar-refractivity contribution >= 4 is 5.82 Å². The van der Waals surface area contributed by atoms with E-state index in [1.54, 1.807) is 0 Å². The van der Waals surface area contributed by atoms with E-state index < -0.39 is 0 Å². The lowest BCUT2D eigenvalue weighted by Crippen LogP contribution is -2.42. The molecule has 1 spiro atoms. The zero-order valence-corrected chi connectivity index (χ0v) is 17.1. The highest BCUT2D eigenvalue weighted by Gasteiger charge is 2.44. The maximum Gasteiger partial charge on any atom is 0.161 e. The Morgan fingerprint density at radius 2 is 1.86 bits per heavy atom. The van der Waals surface area contributed by atoms with Crippen molar-refractivity contribution in [1.29, 1.82) is 0 Å². The Morgan fingerprint density at radius 3 is 2.54 bits per heavy atom. The second-order valence-corrected chi connectivity index (χ2v) is 8.59. The molecular weight excluding hydrogens is 348 g/mol. The number of anilines is 1. The van der Waals surface area contributed by atoms with Crippen LogP contribution in [0.1, 0.15) is 50.8 Å². The van der Waals surface area contributed by atoms with E-state index in [2.05, 4.69) is 48.3 Å². The Labute approximate surface area is 168 Å². The number of aliphatic hydroxyl groups is 1. The van der Waals surface area contributed by atoms with Gasteiger partial charge >= 0.3 is 0 Å². The van der Waals surface area contributed by atoms with Gasteiger partial charge in [0, 0.05) is 35.7 Å². The Bertz CT molecular complexity index is 798. The fraction of sp³-hybridized carbons (Fsp3) is 0.565. The molecule has 5 heteroatoms. The highest BCUT2D eigenvalue weighted by atomic mass is 16.3. The Kier molecular flexibility index (Phi) is 5.65. The van der Waals surface area contributed by atoms with Crippen molar-refractivity contribution in [1.82, 2.24) is 14.9 Å². The van der Waals surface area contributed by atoms with Crippen molar-refractivity contribution in [2.75, 3.05) is 31.6 Å². The largest absolute Gasteiger partial charge is 0.396 e. The van der Waals surface area contributed by atoms with E-state index in [4.69, 9.17) is 15.1 Å². The Hall–Kier alpha value is -1.98. The van der Waals surface area contributed by atoms with Gasteiger partial charge in [-0.15, -0.1) is 0 Å². The van der Waals surface area contributed by atoms with Crippen molar-refractivity contribution in [2.24, 2.45) is 0 Å². The van der Waals surface area contributed by atoms with Gasteiger partial charge in [-0.2, -0.15) is 0 Å². The summed E-state index contributed by atoms with van der Waals surface area (Å²) in [6, 6.07) is 10.7. The molecule has 1 aromatic carbocycles. The molecule has 150 valence electrons. The molecule has 0 radical (unpaired) electrons. The Balaban J connectivity index is 1.68. The van der Waals surface area contributed by atoms with Gasteiger partial charge in [-0.1, -0.05) is 30.3 Å². The molecule has 4 rings (SSSR count). The summed E-state index contributed by atoms with van der Waals surface area (Å²) in [6.45, 7) is 7.80. The third-order valence-electron chi connectivity index (χ3n) is 6.27. The predicted octanol–water partition coefficient (Wildman–Crippen LogP) is 3.63. The standard InChI is InChI=1S/C23H32N4O/c1-17(2)24-22-19-9-10-23(11-14-27(15-12-23)13-6-16-28)20(19)25-21(26-22)18-7-4-3-5-8-18/h3-5,7-8,17,28H,6,9-16H2,1-2H3,(H,24,25,26). The molecule has 1 saturated heterocycles. The lowest BCUT2D eigenvalue weighted by molar-refractivity contribution is 0.145. The van der Waals surface area contributed by atoms with Crippen LogP contribution in [-0.4, -0.2) is 52.3 Å². The Morgan fingerprint density at radius 1 is 1.11 bits per heavy atom. The highest BCUT2D eigenvalue weighted by molar-refractivity contribution is 5.62. The van der Waals surface area contributed by atoms with Crippen LogP contribution < -0.4 is 5.32 Å². The summed E-state index contributed by atoms with van der Waals surface area (Å²) in [5.41, 5.74) is 3.88. The van der Waals surface area contributed by atoms with E-state index in [9.17, 15) is 0 Å². The number of piperidine rings is 1. The van der Waals surface area contributed by atoms with Gasteiger partial charge in [-0.3, -0.25) is 0 Å². The maximum atomic E-state index is 9.12. The molecule has 1 aliphatic heterocycles. The van der Waals surface area contributed by atoms with Gasteiger partial charge in [0.25, 0.3) is 0 Å². The van der Waals surface area contributed by atoms with Crippen LogP contribution in [0.15, 0.2) is 30.3 Å².